The molecular formula is C10H9Br2FO2. The van der Waals surface area contributed by atoms with Gasteiger partial charge in [-0.1, -0.05) is 37.9 Å². The van der Waals surface area contributed by atoms with E-state index in [-0.39, 0.29) is 5.78 Å². The molecule has 2 nitrogen and oxygen atoms in total. The van der Waals surface area contributed by atoms with Gasteiger partial charge in [0.05, 0.1) is 0 Å². The second kappa shape index (κ2) is 5.61. The molecular weight excluding hydrogens is 331 g/mol. The summed E-state index contributed by atoms with van der Waals surface area (Å²) in [5.74, 6) is 0.301. The highest BCUT2D eigenvalue weighted by atomic mass is 79.9. The Bertz CT molecular complexity index is 368. The molecule has 1 unspecified atom stereocenters. The summed E-state index contributed by atoms with van der Waals surface area (Å²) in [6.45, 7) is 0.541. The van der Waals surface area contributed by atoms with Gasteiger partial charge in [-0.15, -0.1) is 0 Å². The first kappa shape index (κ1) is 12.6. The summed E-state index contributed by atoms with van der Waals surface area (Å²) in [6.07, 6.45) is 0. The fraction of sp³-hybridized carbons (Fsp3) is 0.300. The van der Waals surface area contributed by atoms with E-state index in [2.05, 4.69) is 31.9 Å². The van der Waals surface area contributed by atoms with Crippen molar-refractivity contribution in [3.63, 3.8) is 0 Å². The maximum Gasteiger partial charge on any atom is 0.228 e. The van der Waals surface area contributed by atoms with E-state index >= 15 is 0 Å². The molecule has 0 saturated heterocycles. The van der Waals surface area contributed by atoms with Crippen LogP contribution in [0.5, 0.6) is 5.75 Å². The lowest BCUT2D eigenvalue weighted by atomic mass is 10.1. The van der Waals surface area contributed by atoms with E-state index in [4.69, 9.17) is 4.74 Å². The maximum atomic E-state index is 12.1. The number of ether oxygens (including phenoxy) is 1. The molecule has 0 aliphatic carbocycles. The molecule has 0 aromatic heterocycles. The van der Waals surface area contributed by atoms with Crippen molar-refractivity contribution in [2.75, 3.05) is 6.86 Å². The zero-order chi connectivity index (χ0) is 11.4. The summed E-state index contributed by atoms with van der Waals surface area (Å²) < 4.78 is 17.6. The fourth-order valence-corrected chi connectivity index (χ4v) is 2.51. The predicted molar refractivity (Wildman–Crippen MR) is 63.1 cm³/mol. The SMILES string of the molecule is CC(=O)C(Br)c1c(Br)cccc1OCF. The van der Waals surface area contributed by atoms with Crippen molar-refractivity contribution < 1.29 is 13.9 Å². The molecule has 82 valence electrons. The largest absolute Gasteiger partial charge is 0.463 e. The Morgan fingerprint density at radius 3 is 2.80 bits per heavy atom. The molecule has 1 aromatic rings. The third-order valence-corrected chi connectivity index (χ3v) is 3.63. The number of alkyl halides is 2. The molecule has 0 amide bonds. The van der Waals surface area contributed by atoms with Gasteiger partial charge in [0.15, 0.2) is 0 Å². The summed E-state index contributed by atoms with van der Waals surface area (Å²) in [7, 11) is 0. The first-order valence-electron chi connectivity index (χ1n) is 4.19. The second-order valence-corrected chi connectivity index (χ2v) is 4.65. The molecule has 0 bridgehead atoms. The van der Waals surface area contributed by atoms with Gasteiger partial charge in [-0.25, -0.2) is 4.39 Å². The number of halogens is 3. The standard InChI is InChI=1S/C10H9Br2FO2/c1-6(14)10(12)9-7(11)3-2-4-8(9)15-5-13/h2-4,10H,5H2,1H3. The minimum atomic E-state index is -0.916. The maximum absolute atomic E-state index is 12.1. The number of benzene rings is 1. The minimum Gasteiger partial charge on any atom is -0.463 e. The van der Waals surface area contributed by atoms with Gasteiger partial charge in [-0.2, -0.15) is 0 Å². The number of carbonyl (C=O) groups is 1. The Kier molecular flexibility index (Phi) is 4.73. The van der Waals surface area contributed by atoms with Crippen molar-refractivity contribution in [3.05, 3.63) is 28.2 Å². The van der Waals surface area contributed by atoms with Gasteiger partial charge in [-0.05, 0) is 19.1 Å². The van der Waals surface area contributed by atoms with Gasteiger partial charge in [0.25, 0.3) is 0 Å². The molecule has 0 aliphatic heterocycles. The van der Waals surface area contributed by atoms with E-state index in [1.54, 1.807) is 18.2 Å². The van der Waals surface area contributed by atoms with Crippen molar-refractivity contribution in [1.29, 1.82) is 0 Å². The molecule has 0 heterocycles. The van der Waals surface area contributed by atoms with Crippen LogP contribution in [0.3, 0.4) is 0 Å². The average Bonchev–Trinajstić information content (AvgIpc) is 2.17. The van der Waals surface area contributed by atoms with E-state index in [9.17, 15) is 9.18 Å². The van der Waals surface area contributed by atoms with Gasteiger partial charge in [0.1, 0.15) is 16.4 Å². The number of hydrogen-bond donors (Lipinski definition) is 0. The van der Waals surface area contributed by atoms with Gasteiger partial charge in [0.2, 0.25) is 6.86 Å². The number of Topliss-reactive ketones (excluding diaryl/α,β-unsaturated/α-hetero) is 1. The highest BCUT2D eigenvalue weighted by Crippen LogP contribution is 2.37. The predicted octanol–water partition coefficient (Wildman–Crippen LogP) is 3.78. The quantitative estimate of drug-likeness (QED) is 0.780. The summed E-state index contributed by atoms with van der Waals surface area (Å²) in [5.41, 5.74) is 0.614. The lowest BCUT2D eigenvalue weighted by Gasteiger charge is -2.13. The normalized spacial score (nSPS) is 12.3. The monoisotopic (exact) mass is 338 g/mol. The van der Waals surface area contributed by atoms with Crippen molar-refractivity contribution in [2.45, 2.75) is 11.8 Å². The Morgan fingerprint density at radius 1 is 1.60 bits per heavy atom. The molecule has 0 N–H and O–H groups in total. The Morgan fingerprint density at radius 2 is 2.27 bits per heavy atom. The van der Waals surface area contributed by atoms with Crippen LogP contribution < -0.4 is 4.74 Å². The molecule has 15 heavy (non-hydrogen) atoms. The number of ketones is 1. The van der Waals surface area contributed by atoms with Crippen LogP contribution in [0.2, 0.25) is 0 Å². The van der Waals surface area contributed by atoms with Crippen LogP contribution >= 0.6 is 31.9 Å². The average molecular weight is 340 g/mol. The smallest absolute Gasteiger partial charge is 0.228 e. The first-order valence-corrected chi connectivity index (χ1v) is 5.90. The van der Waals surface area contributed by atoms with Gasteiger partial charge < -0.3 is 4.74 Å². The number of carbonyl (C=O) groups excluding carboxylic acids is 1. The lowest BCUT2D eigenvalue weighted by molar-refractivity contribution is -0.116. The number of rotatable bonds is 4. The molecule has 1 atom stereocenters. The fourth-order valence-electron chi connectivity index (χ4n) is 1.15. The highest BCUT2D eigenvalue weighted by Gasteiger charge is 2.20. The third kappa shape index (κ3) is 3.01. The second-order valence-electron chi connectivity index (χ2n) is 2.88. The van der Waals surface area contributed by atoms with Crippen LogP contribution in [0.4, 0.5) is 4.39 Å². The van der Waals surface area contributed by atoms with Crippen LogP contribution in [0.25, 0.3) is 0 Å². The minimum absolute atomic E-state index is 0.0643. The van der Waals surface area contributed by atoms with E-state index in [0.717, 1.165) is 0 Å². The molecule has 0 saturated carbocycles. The van der Waals surface area contributed by atoms with Crippen LogP contribution in [-0.4, -0.2) is 12.6 Å². The van der Waals surface area contributed by atoms with E-state index in [1.807, 2.05) is 0 Å². The molecule has 5 heteroatoms. The first-order chi connectivity index (χ1) is 7.07. The summed E-state index contributed by atoms with van der Waals surface area (Å²) >= 11 is 6.54. The molecule has 1 aromatic carbocycles. The molecule has 0 fully saturated rings. The Balaban J connectivity index is 3.17. The molecule has 1 rings (SSSR count). The Hall–Kier alpha value is -0.420. The van der Waals surface area contributed by atoms with Crippen LogP contribution in [0.15, 0.2) is 22.7 Å². The topological polar surface area (TPSA) is 26.3 Å². The van der Waals surface area contributed by atoms with Crippen LogP contribution in [0.1, 0.15) is 17.3 Å². The van der Waals surface area contributed by atoms with E-state index < -0.39 is 11.7 Å². The molecule has 0 radical (unpaired) electrons. The van der Waals surface area contributed by atoms with Gasteiger partial charge in [0, 0.05) is 10.0 Å². The number of hydrogen-bond acceptors (Lipinski definition) is 2. The van der Waals surface area contributed by atoms with Crippen molar-refractivity contribution in [1.82, 2.24) is 0 Å². The van der Waals surface area contributed by atoms with Crippen LogP contribution in [-0.2, 0) is 4.79 Å². The van der Waals surface area contributed by atoms with E-state index in [1.165, 1.54) is 6.92 Å². The third-order valence-electron chi connectivity index (χ3n) is 1.83. The zero-order valence-electron chi connectivity index (χ0n) is 7.97. The summed E-state index contributed by atoms with van der Waals surface area (Å²) in [6, 6.07) is 5.12. The molecule has 0 spiro atoms. The zero-order valence-corrected chi connectivity index (χ0v) is 11.1. The Labute approximate surface area is 104 Å². The van der Waals surface area contributed by atoms with E-state index in [0.29, 0.717) is 15.8 Å². The van der Waals surface area contributed by atoms with Crippen molar-refractivity contribution in [2.24, 2.45) is 0 Å². The van der Waals surface area contributed by atoms with Crippen LogP contribution in [0, 0.1) is 0 Å². The summed E-state index contributed by atoms with van der Waals surface area (Å²) in [5, 5.41) is 0. The molecule has 0 aliphatic rings. The summed E-state index contributed by atoms with van der Waals surface area (Å²) in [4.78, 5) is 10.7. The van der Waals surface area contributed by atoms with Crippen molar-refractivity contribution in [3.8, 4) is 5.75 Å². The lowest BCUT2D eigenvalue weighted by Crippen LogP contribution is -2.05. The highest BCUT2D eigenvalue weighted by molar-refractivity contribution is 9.11. The van der Waals surface area contributed by atoms with Crippen molar-refractivity contribution >= 4 is 37.6 Å². The van der Waals surface area contributed by atoms with Gasteiger partial charge in [-0.3, -0.25) is 4.79 Å². The van der Waals surface area contributed by atoms with Gasteiger partial charge >= 0.3 is 0 Å².